The van der Waals surface area contributed by atoms with Crippen LogP contribution >= 0.6 is 11.6 Å². The first-order valence-electron chi connectivity index (χ1n) is 5.32. The molecule has 0 aromatic heterocycles. The van der Waals surface area contributed by atoms with E-state index in [1.54, 1.807) is 0 Å². The van der Waals surface area contributed by atoms with Crippen molar-refractivity contribution in [2.24, 2.45) is 0 Å². The monoisotopic (exact) mass is 225 g/mol. The van der Waals surface area contributed by atoms with Crippen LogP contribution in [-0.4, -0.2) is 25.3 Å². The van der Waals surface area contributed by atoms with Gasteiger partial charge in [0.1, 0.15) is 0 Å². The summed E-state index contributed by atoms with van der Waals surface area (Å²) in [5.41, 5.74) is 1.28. The van der Waals surface area contributed by atoms with Crippen molar-refractivity contribution in [3.8, 4) is 0 Å². The normalized spacial score (nSPS) is 18.5. The van der Waals surface area contributed by atoms with E-state index in [1.807, 2.05) is 18.2 Å². The van der Waals surface area contributed by atoms with Gasteiger partial charge in [-0.1, -0.05) is 23.7 Å². The fourth-order valence-corrected chi connectivity index (χ4v) is 2.02. The maximum absolute atomic E-state index is 5.93. The third-order valence-electron chi connectivity index (χ3n) is 2.59. The molecule has 1 aliphatic rings. The van der Waals surface area contributed by atoms with Crippen molar-refractivity contribution in [2.45, 2.75) is 25.4 Å². The molecule has 2 nitrogen and oxygen atoms in total. The summed E-state index contributed by atoms with van der Waals surface area (Å²) in [6, 6.07) is 9.05. The number of nitrogens with one attached hydrogen (secondary N) is 1. The summed E-state index contributed by atoms with van der Waals surface area (Å²) in [5.74, 6) is 0. The number of hydrogen-bond acceptors (Lipinski definition) is 2. The quantitative estimate of drug-likeness (QED) is 0.849. The van der Waals surface area contributed by atoms with Crippen LogP contribution in [0.4, 0.5) is 0 Å². The van der Waals surface area contributed by atoms with Gasteiger partial charge >= 0.3 is 0 Å². The predicted octanol–water partition coefficient (Wildman–Crippen LogP) is 2.26. The zero-order valence-electron chi connectivity index (χ0n) is 8.87. The topological polar surface area (TPSA) is 21.3 Å². The Morgan fingerprint density at radius 3 is 2.93 bits per heavy atom. The Bertz CT molecular complexity index is 325. The lowest BCUT2D eigenvalue weighted by Gasteiger charge is -2.30. The maximum atomic E-state index is 5.93. The van der Waals surface area contributed by atoms with Crippen LogP contribution in [0.2, 0.25) is 5.02 Å². The minimum absolute atomic E-state index is 0.470. The van der Waals surface area contributed by atoms with E-state index >= 15 is 0 Å². The van der Waals surface area contributed by atoms with Crippen LogP contribution in [-0.2, 0) is 11.2 Å². The first kappa shape index (κ1) is 10.9. The van der Waals surface area contributed by atoms with Gasteiger partial charge in [-0.2, -0.15) is 0 Å². The van der Waals surface area contributed by atoms with Crippen molar-refractivity contribution in [2.75, 3.05) is 13.2 Å². The highest BCUT2D eigenvalue weighted by Gasteiger charge is 2.19. The second-order valence-corrected chi connectivity index (χ2v) is 4.57. The second kappa shape index (κ2) is 4.97. The highest BCUT2D eigenvalue weighted by atomic mass is 35.5. The van der Waals surface area contributed by atoms with E-state index in [1.165, 1.54) is 5.56 Å². The van der Waals surface area contributed by atoms with Crippen molar-refractivity contribution in [1.29, 1.82) is 0 Å². The summed E-state index contributed by atoms with van der Waals surface area (Å²) in [6.07, 6.45) is 1.01. The fraction of sp³-hybridized carbons (Fsp3) is 0.500. The van der Waals surface area contributed by atoms with Gasteiger partial charge in [0.2, 0.25) is 0 Å². The lowest BCUT2D eigenvalue weighted by atomic mass is 10.1. The maximum Gasteiger partial charge on any atom is 0.0643 e. The summed E-state index contributed by atoms with van der Waals surface area (Å²) in [5, 5.41) is 4.33. The van der Waals surface area contributed by atoms with Crippen molar-refractivity contribution in [3.05, 3.63) is 34.9 Å². The summed E-state index contributed by atoms with van der Waals surface area (Å²) < 4.78 is 5.12. The van der Waals surface area contributed by atoms with Gasteiger partial charge < -0.3 is 10.1 Å². The number of halogens is 1. The summed E-state index contributed by atoms with van der Waals surface area (Å²) in [7, 11) is 0. The van der Waals surface area contributed by atoms with Crippen LogP contribution in [0.25, 0.3) is 0 Å². The van der Waals surface area contributed by atoms with Gasteiger partial charge in [-0.15, -0.1) is 0 Å². The van der Waals surface area contributed by atoms with E-state index in [2.05, 4.69) is 18.3 Å². The second-order valence-electron chi connectivity index (χ2n) is 4.14. The number of ether oxygens (including phenoxy) is 1. The fourth-order valence-electron chi connectivity index (χ4n) is 1.81. The molecule has 1 aromatic carbocycles. The van der Waals surface area contributed by atoms with E-state index in [4.69, 9.17) is 16.3 Å². The number of benzene rings is 1. The Hall–Kier alpha value is -0.570. The molecule has 15 heavy (non-hydrogen) atoms. The van der Waals surface area contributed by atoms with Gasteiger partial charge in [0.05, 0.1) is 19.3 Å². The molecule has 0 aliphatic carbocycles. The van der Waals surface area contributed by atoms with Gasteiger partial charge in [-0.05, 0) is 31.0 Å². The molecular formula is C12H16ClNO. The standard InChI is InChI=1S/C12H16ClNO/c1-9(14-12-7-15-8-12)5-10-3-2-4-11(13)6-10/h2-4,6,9,12,14H,5,7-8H2,1H3. The Morgan fingerprint density at radius 1 is 1.53 bits per heavy atom. The molecule has 0 spiro atoms. The van der Waals surface area contributed by atoms with E-state index in [9.17, 15) is 0 Å². The molecule has 1 aliphatic heterocycles. The SMILES string of the molecule is CC(Cc1cccc(Cl)c1)NC1COC1. The van der Waals surface area contributed by atoms with E-state index in [0.29, 0.717) is 12.1 Å². The van der Waals surface area contributed by atoms with Crippen LogP contribution in [0.5, 0.6) is 0 Å². The van der Waals surface area contributed by atoms with Gasteiger partial charge in [-0.3, -0.25) is 0 Å². The molecule has 0 bridgehead atoms. The van der Waals surface area contributed by atoms with Crippen molar-refractivity contribution in [3.63, 3.8) is 0 Å². The van der Waals surface area contributed by atoms with Gasteiger partial charge in [0, 0.05) is 11.1 Å². The highest BCUT2D eigenvalue weighted by molar-refractivity contribution is 6.30. The van der Waals surface area contributed by atoms with Crippen LogP contribution in [0.1, 0.15) is 12.5 Å². The van der Waals surface area contributed by atoms with Crippen LogP contribution in [0, 0.1) is 0 Å². The molecule has 82 valence electrons. The van der Waals surface area contributed by atoms with Crippen molar-refractivity contribution >= 4 is 11.6 Å². The van der Waals surface area contributed by atoms with E-state index in [0.717, 1.165) is 24.7 Å². The van der Waals surface area contributed by atoms with Crippen molar-refractivity contribution < 1.29 is 4.74 Å². The Balaban J connectivity index is 1.84. The molecule has 0 amide bonds. The third kappa shape index (κ3) is 3.20. The molecule has 1 aromatic rings. The predicted molar refractivity (Wildman–Crippen MR) is 62.4 cm³/mol. The molecule has 1 atom stereocenters. The van der Waals surface area contributed by atoms with Crippen LogP contribution in [0.15, 0.2) is 24.3 Å². The minimum atomic E-state index is 0.470. The number of hydrogen-bond donors (Lipinski definition) is 1. The molecular weight excluding hydrogens is 210 g/mol. The summed E-state index contributed by atoms with van der Waals surface area (Å²) >= 11 is 5.93. The molecule has 0 saturated carbocycles. The van der Waals surface area contributed by atoms with Gasteiger partial charge in [-0.25, -0.2) is 0 Å². The lowest BCUT2D eigenvalue weighted by Crippen LogP contribution is -2.50. The molecule has 1 N–H and O–H groups in total. The average molecular weight is 226 g/mol. The minimum Gasteiger partial charge on any atom is -0.378 e. The summed E-state index contributed by atoms with van der Waals surface area (Å²) in [4.78, 5) is 0. The Kier molecular flexibility index (Phi) is 3.62. The van der Waals surface area contributed by atoms with E-state index < -0.39 is 0 Å². The zero-order valence-corrected chi connectivity index (χ0v) is 9.63. The first-order chi connectivity index (χ1) is 7.24. The number of rotatable bonds is 4. The van der Waals surface area contributed by atoms with Crippen LogP contribution in [0.3, 0.4) is 0 Å². The smallest absolute Gasteiger partial charge is 0.0643 e. The molecule has 0 radical (unpaired) electrons. The highest BCUT2D eigenvalue weighted by Crippen LogP contribution is 2.13. The van der Waals surface area contributed by atoms with Crippen molar-refractivity contribution in [1.82, 2.24) is 5.32 Å². The molecule has 1 heterocycles. The van der Waals surface area contributed by atoms with Gasteiger partial charge in [0.15, 0.2) is 0 Å². The first-order valence-corrected chi connectivity index (χ1v) is 5.70. The molecule has 1 saturated heterocycles. The lowest BCUT2D eigenvalue weighted by molar-refractivity contribution is -0.00908. The zero-order chi connectivity index (χ0) is 10.7. The molecule has 3 heteroatoms. The molecule has 1 unspecified atom stereocenters. The largest absolute Gasteiger partial charge is 0.378 e. The molecule has 2 rings (SSSR count). The Labute approximate surface area is 95.6 Å². The van der Waals surface area contributed by atoms with E-state index in [-0.39, 0.29) is 0 Å². The van der Waals surface area contributed by atoms with Gasteiger partial charge in [0.25, 0.3) is 0 Å². The van der Waals surface area contributed by atoms with Crippen LogP contribution < -0.4 is 5.32 Å². The average Bonchev–Trinajstić information content (AvgIpc) is 2.11. The Morgan fingerprint density at radius 2 is 2.33 bits per heavy atom. The molecule has 1 fully saturated rings. The third-order valence-corrected chi connectivity index (χ3v) is 2.82. The summed E-state index contributed by atoms with van der Waals surface area (Å²) in [6.45, 7) is 3.89.